The predicted octanol–water partition coefficient (Wildman–Crippen LogP) is 3.29. The first-order chi connectivity index (χ1) is 7.19. The van der Waals surface area contributed by atoms with Crippen molar-refractivity contribution in [3.05, 3.63) is 28.8 Å². The minimum absolute atomic E-state index is 0.585. The van der Waals surface area contributed by atoms with E-state index in [0.717, 1.165) is 28.9 Å². The smallest absolute Gasteiger partial charge is 0.119 e. The van der Waals surface area contributed by atoms with Crippen LogP contribution in [0.5, 0.6) is 5.75 Å². The summed E-state index contributed by atoms with van der Waals surface area (Å²) in [4.78, 5) is 0. The van der Waals surface area contributed by atoms with Gasteiger partial charge in [0, 0.05) is 17.9 Å². The standard InChI is InChI=1S/C13H15ClO/c1-10-8-12(15-3)9-11(2)13(10)6-4-5-7-14/h8-9H,5,7H2,1-3H3. The van der Waals surface area contributed by atoms with Crippen molar-refractivity contribution in [1.82, 2.24) is 0 Å². The molecule has 0 fully saturated rings. The molecule has 0 saturated carbocycles. The van der Waals surface area contributed by atoms with Gasteiger partial charge < -0.3 is 4.74 Å². The Kier molecular flexibility index (Phi) is 4.52. The highest BCUT2D eigenvalue weighted by Crippen LogP contribution is 2.20. The Morgan fingerprint density at radius 3 is 2.33 bits per heavy atom. The fourth-order valence-electron chi connectivity index (χ4n) is 1.44. The minimum atomic E-state index is 0.585. The number of hydrogen-bond donors (Lipinski definition) is 0. The highest BCUT2D eigenvalue weighted by Gasteiger charge is 2.02. The number of rotatable bonds is 2. The Morgan fingerprint density at radius 2 is 1.87 bits per heavy atom. The molecule has 0 bridgehead atoms. The molecular formula is C13H15ClO. The number of methoxy groups -OCH3 is 1. The molecule has 0 aliphatic heterocycles. The highest BCUT2D eigenvalue weighted by atomic mass is 35.5. The number of alkyl halides is 1. The average molecular weight is 223 g/mol. The second kappa shape index (κ2) is 5.68. The first-order valence-corrected chi connectivity index (χ1v) is 5.42. The van der Waals surface area contributed by atoms with Crippen LogP contribution in [0.25, 0.3) is 0 Å². The molecule has 0 saturated heterocycles. The van der Waals surface area contributed by atoms with Crippen LogP contribution in [0, 0.1) is 25.7 Å². The summed E-state index contributed by atoms with van der Waals surface area (Å²) in [5, 5.41) is 0. The Bertz CT molecular complexity index is 376. The number of halogens is 1. The highest BCUT2D eigenvalue weighted by molar-refractivity contribution is 6.18. The SMILES string of the molecule is COc1cc(C)c(C#CCCCl)c(C)c1. The zero-order chi connectivity index (χ0) is 11.3. The van der Waals surface area contributed by atoms with Crippen LogP contribution >= 0.6 is 11.6 Å². The van der Waals surface area contributed by atoms with Crippen molar-refractivity contribution in [3.8, 4) is 17.6 Å². The minimum Gasteiger partial charge on any atom is -0.497 e. The van der Waals surface area contributed by atoms with E-state index in [4.69, 9.17) is 16.3 Å². The van der Waals surface area contributed by atoms with Crippen molar-refractivity contribution in [2.45, 2.75) is 20.3 Å². The van der Waals surface area contributed by atoms with E-state index in [1.165, 1.54) is 0 Å². The number of benzene rings is 1. The molecule has 0 N–H and O–H groups in total. The number of aryl methyl sites for hydroxylation is 2. The third-order valence-corrected chi connectivity index (χ3v) is 2.36. The van der Waals surface area contributed by atoms with Crippen LogP contribution in [-0.4, -0.2) is 13.0 Å². The van der Waals surface area contributed by atoms with Crippen molar-refractivity contribution in [2.75, 3.05) is 13.0 Å². The Hall–Kier alpha value is -1.13. The Balaban J connectivity index is 3.05. The van der Waals surface area contributed by atoms with E-state index in [-0.39, 0.29) is 0 Å². The van der Waals surface area contributed by atoms with Gasteiger partial charge in [-0.1, -0.05) is 11.8 Å². The number of ether oxygens (including phenoxy) is 1. The van der Waals surface area contributed by atoms with E-state index in [1.807, 2.05) is 26.0 Å². The summed E-state index contributed by atoms with van der Waals surface area (Å²) >= 11 is 5.57. The van der Waals surface area contributed by atoms with E-state index >= 15 is 0 Å². The first kappa shape index (κ1) is 11.9. The molecule has 2 heteroatoms. The molecule has 15 heavy (non-hydrogen) atoms. The lowest BCUT2D eigenvalue weighted by molar-refractivity contribution is 0.414. The third kappa shape index (κ3) is 3.18. The van der Waals surface area contributed by atoms with Gasteiger partial charge in [-0.3, -0.25) is 0 Å². The second-order valence-corrected chi connectivity index (χ2v) is 3.75. The van der Waals surface area contributed by atoms with Gasteiger partial charge in [0.05, 0.1) is 7.11 Å². The third-order valence-electron chi connectivity index (χ3n) is 2.17. The lowest BCUT2D eigenvalue weighted by Crippen LogP contribution is -1.91. The van der Waals surface area contributed by atoms with Crippen LogP contribution in [0.15, 0.2) is 12.1 Å². The van der Waals surface area contributed by atoms with Crippen LogP contribution in [0.2, 0.25) is 0 Å². The van der Waals surface area contributed by atoms with E-state index in [1.54, 1.807) is 7.11 Å². The van der Waals surface area contributed by atoms with Gasteiger partial charge in [-0.15, -0.1) is 11.6 Å². The van der Waals surface area contributed by atoms with Crippen LogP contribution in [0.4, 0.5) is 0 Å². The lowest BCUT2D eigenvalue weighted by Gasteiger charge is -2.06. The van der Waals surface area contributed by atoms with Gasteiger partial charge in [0.2, 0.25) is 0 Å². The lowest BCUT2D eigenvalue weighted by atomic mass is 10.0. The second-order valence-electron chi connectivity index (χ2n) is 3.38. The summed E-state index contributed by atoms with van der Waals surface area (Å²) in [7, 11) is 1.67. The maximum atomic E-state index is 5.57. The molecule has 0 spiro atoms. The molecule has 0 aromatic heterocycles. The Morgan fingerprint density at radius 1 is 1.27 bits per heavy atom. The molecule has 1 rings (SSSR count). The van der Waals surface area contributed by atoms with E-state index < -0.39 is 0 Å². The molecule has 0 aliphatic carbocycles. The largest absolute Gasteiger partial charge is 0.497 e. The van der Waals surface area contributed by atoms with Crippen molar-refractivity contribution < 1.29 is 4.74 Å². The summed E-state index contributed by atoms with van der Waals surface area (Å²) in [6.45, 7) is 4.08. The summed E-state index contributed by atoms with van der Waals surface area (Å²) < 4.78 is 5.19. The van der Waals surface area contributed by atoms with E-state index in [2.05, 4.69) is 11.8 Å². The molecule has 0 atom stereocenters. The predicted molar refractivity (Wildman–Crippen MR) is 64.7 cm³/mol. The fourth-order valence-corrected chi connectivity index (χ4v) is 1.53. The molecule has 0 heterocycles. The fraction of sp³-hybridized carbons (Fsp3) is 0.385. The van der Waals surface area contributed by atoms with Crippen LogP contribution in [0.3, 0.4) is 0 Å². The van der Waals surface area contributed by atoms with Gasteiger partial charge in [0.1, 0.15) is 5.75 Å². The van der Waals surface area contributed by atoms with Gasteiger partial charge in [0.25, 0.3) is 0 Å². The first-order valence-electron chi connectivity index (χ1n) is 4.89. The van der Waals surface area contributed by atoms with Gasteiger partial charge in [-0.2, -0.15) is 0 Å². The van der Waals surface area contributed by atoms with Gasteiger partial charge in [-0.25, -0.2) is 0 Å². The summed E-state index contributed by atoms with van der Waals surface area (Å²) in [6, 6.07) is 4.00. The Labute approximate surface area is 96.4 Å². The van der Waals surface area contributed by atoms with Gasteiger partial charge in [0.15, 0.2) is 0 Å². The molecule has 0 amide bonds. The summed E-state index contributed by atoms with van der Waals surface area (Å²) in [5.74, 6) is 7.66. The van der Waals surface area contributed by atoms with Crippen molar-refractivity contribution >= 4 is 11.6 Å². The summed E-state index contributed by atoms with van der Waals surface area (Å²) in [5.41, 5.74) is 3.38. The van der Waals surface area contributed by atoms with Crippen LogP contribution in [-0.2, 0) is 0 Å². The number of hydrogen-bond acceptors (Lipinski definition) is 1. The molecule has 80 valence electrons. The quantitative estimate of drug-likeness (QED) is 0.551. The molecule has 0 aliphatic rings. The van der Waals surface area contributed by atoms with Crippen LogP contribution in [0.1, 0.15) is 23.1 Å². The van der Waals surface area contributed by atoms with Crippen LogP contribution < -0.4 is 4.74 Å². The molecule has 0 unspecified atom stereocenters. The van der Waals surface area contributed by atoms with E-state index in [9.17, 15) is 0 Å². The molecule has 1 aromatic carbocycles. The molecule has 0 radical (unpaired) electrons. The maximum Gasteiger partial charge on any atom is 0.119 e. The zero-order valence-electron chi connectivity index (χ0n) is 9.36. The van der Waals surface area contributed by atoms with Crippen molar-refractivity contribution in [2.24, 2.45) is 0 Å². The average Bonchev–Trinajstić information content (AvgIpc) is 2.22. The molecule has 1 nitrogen and oxygen atoms in total. The van der Waals surface area contributed by atoms with E-state index in [0.29, 0.717) is 5.88 Å². The van der Waals surface area contributed by atoms with Gasteiger partial charge in [-0.05, 0) is 37.1 Å². The molecular weight excluding hydrogens is 208 g/mol. The zero-order valence-corrected chi connectivity index (χ0v) is 10.1. The molecule has 1 aromatic rings. The van der Waals surface area contributed by atoms with Crippen molar-refractivity contribution in [1.29, 1.82) is 0 Å². The monoisotopic (exact) mass is 222 g/mol. The summed E-state index contributed by atoms with van der Waals surface area (Å²) in [6.07, 6.45) is 0.729. The topological polar surface area (TPSA) is 9.23 Å². The van der Waals surface area contributed by atoms with Crippen molar-refractivity contribution in [3.63, 3.8) is 0 Å². The normalized spacial score (nSPS) is 9.33. The van der Waals surface area contributed by atoms with Gasteiger partial charge >= 0.3 is 0 Å². The maximum absolute atomic E-state index is 5.57.